The number of aromatic nitrogens is 1. The monoisotopic (exact) mass is 325 g/mol. The Morgan fingerprint density at radius 1 is 1.12 bits per heavy atom. The molecule has 1 aromatic heterocycles. The molecule has 6 heteroatoms. The molecule has 1 heterocycles. The highest BCUT2D eigenvalue weighted by Gasteiger charge is 2.00. The molecule has 126 valence electrons. The zero-order valence-electron chi connectivity index (χ0n) is 14.0. The Bertz CT molecular complexity index is 668. The number of hydrogen-bond acceptors (Lipinski definition) is 3. The van der Waals surface area contributed by atoms with Gasteiger partial charge in [0.05, 0.1) is 12.2 Å². The van der Waals surface area contributed by atoms with Gasteiger partial charge in [0.15, 0.2) is 5.96 Å². The van der Waals surface area contributed by atoms with Gasteiger partial charge in [-0.2, -0.15) is 0 Å². The first-order chi connectivity index (χ1) is 11.7. The Morgan fingerprint density at radius 3 is 2.54 bits per heavy atom. The van der Waals surface area contributed by atoms with Gasteiger partial charge >= 0.3 is 0 Å². The van der Waals surface area contributed by atoms with E-state index in [1.54, 1.807) is 13.2 Å². The van der Waals surface area contributed by atoms with Gasteiger partial charge in [-0.25, -0.2) is 0 Å². The molecule has 0 aliphatic rings. The van der Waals surface area contributed by atoms with Crippen molar-refractivity contribution < 1.29 is 4.79 Å². The van der Waals surface area contributed by atoms with Gasteiger partial charge in [-0.3, -0.25) is 14.8 Å². The van der Waals surface area contributed by atoms with Crippen molar-refractivity contribution in [3.05, 3.63) is 59.9 Å². The zero-order chi connectivity index (χ0) is 17.2. The molecule has 0 fully saturated rings. The Morgan fingerprint density at radius 2 is 1.92 bits per heavy atom. The third kappa shape index (κ3) is 6.08. The van der Waals surface area contributed by atoms with Crippen LogP contribution in [0.3, 0.4) is 0 Å². The van der Waals surface area contributed by atoms with Crippen LogP contribution in [0.25, 0.3) is 0 Å². The fraction of sp³-hybridized carbons (Fsp3) is 0.278. The normalized spacial score (nSPS) is 11.0. The van der Waals surface area contributed by atoms with E-state index in [1.165, 1.54) is 12.5 Å². The molecule has 1 amide bonds. The number of guanidine groups is 1. The molecular formula is C18H23N5O. The Balaban J connectivity index is 1.74. The van der Waals surface area contributed by atoms with E-state index in [-0.39, 0.29) is 5.91 Å². The standard InChI is InChI=1S/C18H23N5O/c1-14(24)23-16-8-6-15(7-9-16)10-12-21-18(19-2)22-13-17-5-3-4-11-20-17/h3-9,11H,10,12-13H2,1-2H3,(H,23,24)(H2,19,21,22). The summed E-state index contributed by atoms with van der Waals surface area (Å²) in [5.41, 5.74) is 2.97. The maximum atomic E-state index is 11.0. The van der Waals surface area contributed by atoms with Crippen LogP contribution in [0.2, 0.25) is 0 Å². The van der Waals surface area contributed by atoms with E-state index in [2.05, 4.69) is 25.9 Å². The molecule has 0 unspecified atom stereocenters. The molecule has 2 rings (SSSR count). The van der Waals surface area contributed by atoms with Gasteiger partial charge in [0.1, 0.15) is 0 Å². The summed E-state index contributed by atoms with van der Waals surface area (Å²) in [6, 6.07) is 13.7. The molecule has 0 saturated heterocycles. The van der Waals surface area contributed by atoms with Gasteiger partial charge in [-0.1, -0.05) is 18.2 Å². The van der Waals surface area contributed by atoms with Crippen molar-refractivity contribution in [1.29, 1.82) is 0 Å². The summed E-state index contributed by atoms with van der Waals surface area (Å²) >= 11 is 0. The average molecular weight is 325 g/mol. The van der Waals surface area contributed by atoms with Crippen LogP contribution in [0.15, 0.2) is 53.7 Å². The van der Waals surface area contributed by atoms with Crippen molar-refractivity contribution in [2.45, 2.75) is 19.9 Å². The molecular weight excluding hydrogens is 302 g/mol. The van der Waals surface area contributed by atoms with Crippen molar-refractivity contribution in [2.75, 3.05) is 18.9 Å². The van der Waals surface area contributed by atoms with Crippen molar-refractivity contribution in [3.63, 3.8) is 0 Å². The van der Waals surface area contributed by atoms with Gasteiger partial charge in [-0.05, 0) is 36.2 Å². The number of nitrogens with one attached hydrogen (secondary N) is 3. The largest absolute Gasteiger partial charge is 0.356 e. The first kappa shape index (κ1) is 17.5. The number of nitrogens with zero attached hydrogens (tertiary/aromatic N) is 2. The van der Waals surface area contributed by atoms with Crippen LogP contribution in [0.4, 0.5) is 5.69 Å². The molecule has 2 aromatic rings. The fourth-order valence-electron chi connectivity index (χ4n) is 2.18. The van der Waals surface area contributed by atoms with Crippen LogP contribution in [-0.2, 0) is 17.8 Å². The SMILES string of the molecule is CN=C(NCCc1ccc(NC(C)=O)cc1)NCc1ccccn1. The summed E-state index contributed by atoms with van der Waals surface area (Å²) in [5.74, 6) is 0.683. The van der Waals surface area contributed by atoms with E-state index in [0.29, 0.717) is 6.54 Å². The van der Waals surface area contributed by atoms with Gasteiger partial charge in [0.25, 0.3) is 0 Å². The number of hydrogen-bond donors (Lipinski definition) is 3. The molecule has 24 heavy (non-hydrogen) atoms. The molecule has 0 aliphatic heterocycles. The van der Waals surface area contributed by atoms with E-state index in [9.17, 15) is 4.79 Å². The summed E-state index contributed by atoms with van der Waals surface area (Å²) in [6.45, 7) is 2.90. The number of aliphatic imine (C=N–C) groups is 1. The van der Waals surface area contributed by atoms with Crippen LogP contribution in [0.1, 0.15) is 18.2 Å². The number of benzene rings is 1. The van der Waals surface area contributed by atoms with Gasteiger partial charge < -0.3 is 16.0 Å². The summed E-state index contributed by atoms with van der Waals surface area (Å²) in [7, 11) is 1.75. The Labute approximate surface area is 142 Å². The van der Waals surface area contributed by atoms with Gasteiger partial charge in [0, 0.05) is 32.4 Å². The number of pyridine rings is 1. The molecule has 0 spiro atoms. The van der Waals surface area contributed by atoms with Crippen molar-refractivity contribution in [2.24, 2.45) is 4.99 Å². The Kier molecular flexibility index (Phi) is 6.76. The maximum absolute atomic E-state index is 11.0. The molecule has 0 bridgehead atoms. The van der Waals surface area contributed by atoms with E-state index in [0.717, 1.165) is 30.3 Å². The molecule has 0 aliphatic carbocycles. The minimum Gasteiger partial charge on any atom is -0.356 e. The number of carbonyl (C=O) groups is 1. The van der Waals surface area contributed by atoms with Crippen LogP contribution in [0, 0.1) is 0 Å². The quantitative estimate of drug-likeness (QED) is 0.560. The molecule has 0 radical (unpaired) electrons. The molecule has 6 nitrogen and oxygen atoms in total. The second-order valence-electron chi connectivity index (χ2n) is 5.30. The van der Waals surface area contributed by atoms with Crippen molar-refractivity contribution in [3.8, 4) is 0 Å². The van der Waals surface area contributed by atoms with Crippen molar-refractivity contribution in [1.82, 2.24) is 15.6 Å². The minimum atomic E-state index is -0.0628. The highest BCUT2D eigenvalue weighted by molar-refractivity contribution is 5.88. The predicted molar refractivity (Wildman–Crippen MR) is 96.9 cm³/mol. The molecule has 1 aromatic carbocycles. The lowest BCUT2D eigenvalue weighted by Crippen LogP contribution is -2.38. The summed E-state index contributed by atoms with van der Waals surface area (Å²) in [4.78, 5) is 19.5. The highest BCUT2D eigenvalue weighted by Crippen LogP contribution is 2.09. The van der Waals surface area contributed by atoms with E-state index < -0.39 is 0 Å². The Hall–Kier alpha value is -2.89. The number of anilines is 1. The topological polar surface area (TPSA) is 78.4 Å². The molecule has 3 N–H and O–H groups in total. The second kappa shape index (κ2) is 9.29. The maximum Gasteiger partial charge on any atom is 0.221 e. The number of carbonyl (C=O) groups excluding carboxylic acids is 1. The third-order valence-electron chi connectivity index (χ3n) is 3.37. The average Bonchev–Trinajstić information content (AvgIpc) is 2.60. The number of rotatable bonds is 6. The van der Waals surface area contributed by atoms with Crippen LogP contribution >= 0.6 is 0 Å². The van der Waals surface area contributed by atoms with Crippen LogP contribution in [-0.4, -0.2) is 30.4 Å². The first-order valence-electron chi connectivity index (χ1n) is 7.88. The first-order valence-corrected chi connectivity index (χ1v) is 7.88. The third-order valence-corrected chi connectivity index (χ3v) is 3.37. The van der Waals surface area contributed by atoms with Gasteiger partial charge in [0.2, 0.25) is 5.91 Å². The summed E-state index contributed by atoms with van der Waals surface area (Å²) < 4.78 is 0. The van der Waals surface area contributed by atoms with E-state index in [1.807, 2.05) is 42.5 Å². The predicted octanol–water partition coefficient (Wildman–Crippen LogP) is 1.95. The number of amides is 1. The lowest BCUT2D eigenvalue weighted by atomic mass is 10.1. The van der Waals surface area contributed by atoms with Crippen LogP contribution in [0.5, 0.6) is 0 Å². The highest BCUT2D eigenvalue weighted by atomic mass is 16.1. The second-order valence-corrected chi connectivity index (χ2v) is 5.30. The minimum absolute atomic E-state index is 0.0628. The fourth-order valence-corrected chi connectivity index (χ4v) is 2.18. The van der Waals surface area contributed by atoms with Crippen molar-refractivity contribution >= 4 is 17.6 Å². The summed E-state index contributed by atoms with van der Waals surface area (Å²) in [5, 5.41) is 9.27. The lowest BCUT2D eigenvalue weighted by molar-refractivity contribution is -0.114. The summed E-state index contributed by atoms with van der Waals surface area (Å²) in [6.07, 6.45) is 2.64. The van der Waals surface area contributed by atoms with Gasteiger partial charge in [-0.15, -0.1) is 0 Å². The van der Waals surface area contributed by atoms with E-state index >= 15 is 0 Å². The lowest BCUT2D eigenvalue weighted by Gasteiger charge is -2.12. The van der Waals surface area contributed by atoms with E-state index in [4.69, 9.17) is 0 Å². The smallest absolute Gasteiger partial charge is 0.221 e. The molecule has 0 saturated carbocycles. The molecule has 0 atom stereocenters. The van der Waals surface area contributed by atoms with Crippen LogP contribution < -0.4 is 16.0 Å². The zero-order valence-corrected chi connectivity index (χ0v) is 14.0.